The van der Waals surface area contributed by atoms with Gasteiger partial charge in [0, 0.05) is 29.8 Å². The van der Waals surface area contributed by atoms with Crippen LogP contribution in [-0.2, 0) is 0 Å². The van der Waals surface area contributed by atoms with E-state index < -0.39 is 0 Å². The average Bonchev–Trinajstić information content (AvgIpc) is 3.04. The monoisotopic (exact) mass is 412 g/mol. The first-order chi connectivity index (χ1) is 11.1. The number of halogens is 2. The SMILES string of the molecule is CC1CCN(C(=O)c2cnn(-c3ccc(Br)cc3)c2)C(CN)C1.Cl. The van der Waals surface area contributed by atoms with E-state index in [0.29, 0.717) is 18.0 Å². The van der Waals surface area contributed by atoms with E-state index in [1.807, 2.05) is 29.2 Å². The number of hydrogen-bond acceptors (Lipinski definition) is 3. The van der Waals surface area contributed by atoms with Gasteiger partial charge in [-0.25, -0.2) is 4.68 Å². The second-order valence-corrected chi connectivity index (χ2v) is 7.08. The van der Waals surface area contributed by atoms with Crippen molar-refractivity contribution < 1.29 is 4.79 Å². The fraction of sp³-hybridized carbons (Fsp3) is 0.412. The first-order valence-electron chi connectivity index (χ1n) is 7.90. The fourth-order valence-electron chi connectivity index (χ4n) is 3.08. The predicted octanol–water partition coefficient (Wildman–Crippen LogP) is 3.26. The number of amides is 1. The third-order valence-electron chi connectivity index (χ3n) is 4.43. The van der Waals surface area contributed by atoms with Crippen LogP contribution in [0.15, 0.2) is 41.1 Å². The highest BCUT2D eigenvalue weighted by Gasteiger charge is 2.30. The molecule has 2 unspecified atom stereocenters. The van der Waals surface area contributed by atoms with Crippen LogP contribution in [0.5, 0.6) is 0 Å². The Morgan fingerprint density at radius 2 is 2.08 bits per heavy atom. The fourth-order valence-corrected chi connectivity index (χ4v) is 3.34. The van der Waals surface area contributed by atoms with E-state index >= 15 is 0 Å². The number of hydrogen-bond donors (Lipinski definition) is 1. The van der Waals surface area contributed by atoms with E-state index in [4.69, 9.17) is 5.73 Å². The zero-order chi connectivity index (χ0) is 16.4. The molecule has 2 N–H and O–H groups in total. The molecule has 0 saturated carbocycles. The molecular formula is C17H22BrClN4O. The summed E-state index contributed by atoms with van der Waals surface area (Å²) < 4.78 is 2.74. The highest BCUT2D eigenvalue weighted by Crippen LogP contribution is 2.24. The van der Waals surface area contributed by atoms with Gasteiger partial charge in [0.2, 0.25) is 0 Å². The average molecular weight is 414 g/mol. The van der Waals surface area contributed by atoms with Crippen LogP contribution < -0.4 is 5.73 Å². The molecule has 7 heteroatoms. The van der Waals surface area contributed by atoms with Gasteiger partial charge in [-0.1, -0.05) is 22.9 Å². The molecule has 2 heterocycles. The second kappa shape index (κ2) is 8.14. The molecule has 0 bridgehead atoms. The molecule has 0 spiro atoms. The highest BCUT2D eigenvalue weighted by atomic mass is 79.9. The molecule has 130 valence electrons. The molecule has 5 nitrogen and oxygen atoms in total. The summed E-state index contributed by atoms with van der Waals surface area (Å²) in [5.74, 6) is 0.647. The Hall–Kier alpha value is -1.37. The summed E-state index contributed by atoms with van der Waals surface area (Å²) in [7, 11) is 0. The normalized spacial score (nSPS) is 20.5. The summed E-state index contributed by atoms with van der Waals surface area (Å²) in [6, 6.07) is 7.94. The molecule has 3 rings (SSSR count). The molecule has 1 saturated heterocycles. The number of carbonyl (C=O) groups excluding carboxylic acids is 1. The van der Waals surface area contributed by atoms with Gasteiger partial charge in [0.15, 0.2) is 0 Å². The maximum Gasteiger partial charge on any atom is 0.257 e. The molecule has 1 aliphatic rings. The Bertz CT molecular complexity index is 688. The van der Waals surface area contributed by atoms with Crippen LogP contribution in [0.3, 0.4) is 0 Å². The van der Waals surface area contributed by atoms with Crippen molar-refractivity contribution in [1.82, 2.24) is 14.7 Å². The van der Waals surface area contributed by atoms with Crippen LogP contribution >= 0.6 is 28.3 Å². The molecule has 1 aromatic heterocycles. The van der Waals surface area contributed by atoms with Crippen LogP contribution in [-0.4, -0.2) is 39.7 Å². The second-order valence-electron chi connectivity index (χ2n) is 6.17. The van der Waals surface area contributed by atoms with Crippen molar-refractivity contribution in [3.05, 3.63) is 46.7 Å². The number of likely N-dealkylation sites (tertiary alicyclic amines) is 1. The van der Waals surface area contributed by atoms with Gasteiger partial charge in [0.1, 0.15) is 0 Å². The lowest BCUT2D eigenvalue weighted by molar-refractivity contribution is 0.0573. The van der Waals surface area contributed by atoms with E-state index in [1.54, 1.807) is 17.1 Å². The van der Waals surface area contributed by atoms with E-state index in [9.17, 15) is 4.79 Å². The van der Waals surface area contributed by atoms with E-state index in [2.05, 4.69) is 28.0 Å². The zero-order valence-electron chi connectivity index (χ0n) is 13.6. The maximum absolute atomic E-state index is 12.8. The van der Waals surface area contributed by atoms with Gasteiger partial charge in [-0.15, -0.1) is 12.4 Å². The van der Waals surface area contributed by atoms with E-state index in [-0.39, 0.29) is 24.4 Å². The number of rotatable bonds is 3. The molecule has 1 aliphatic heterocycles. The Labute approximate surface area is 156 Å². The van der Waals surface area contributed by atoms with Gasteiger partial charge < -0.3 is 10.6 Å². The van der Waals surface area contributed by atoms with Crippen LogP contribution in [0.2, 0.25) is 0 Å². The molecule has 0 radical (unpaired) electrons. The first-order valence-corrected chi connectivity index (χ1v) is 8.69. The van der Waals surface area contributed by atoms with Crippen molar-refractivity contribution in [3.63, 3.8) is 0 Å². The summed E-state index contributed by atoms with van der Waals surface area (Å²) in [5.41, 5.74) is 7.40. The van der Waals surface area contributed by atoms with Crippen LogP contribution in [0.1, 0.15) is 30.1 Å². The largest absolute Gasteiger partial charge is 0.334 e. The van der Waals surface area contributed by atoms with Crippen molar-refractivity contribution in [2.45, 2.75) is 25.8 Å². The van der Waals surface area contributed by atoms with Crippen molar-refractivity contribution >= 4 is 34.2 Å². The number of aromatic nitrogens is 2. The molecule has 2 aromatic rings. The van der Waals surface area contributed by atoms with Crippen molar-refractivity contribution in [2.24, 2.45) is 11.7 Å². The molecule has 1 fully saturated rings. The molecule has 1 amide bonds. The highest BCUT2D eigenvalue weighted by molar-refractivity contribution is 9.10. The summed E-state index contributed by atoms with van der Waals surface area (Å²) in [5, 5.41) is 4.32. The lowest BCUT2D eigenvalue weighted by Crippen LogP contribution is -2.49. The smallest absolute Gasteiger partial charge is 0.257 e. The van der Waals surface area contributed by atoms with Gasteiger partial charge in [0.05, 0.1) is 17.4 Å². The topological polar surface area (TPSA) is 64.2 Å². The molecule has 1 aromatic carbocycles. The van der Waals surface area contributed by atoms with Crippen molar-refractivity contribution in [1.29, 1.82) is 0 Å². The molecule has 2 atom stereocenters. The summed E-state index contributed by atoms with van der Waals surface area (Å²) in [6.45, 7) is 3.50. The van der Waals surface area contributed by atoms with Crippen LogP contribution in [0, 0.1) is 5.92 Å². The minimum Gasteiger partial charge on any atom is -0.334 e. The van der Waals surface area contributed by atoms with Gasteiger partial charge in [0.25, 0.3) is 5.91 Å². The van der Waals surface area contributed by atoms with Gasteiger partial charge in [-0.05, 0) is 43.0 Å². The predicted molar refractivity (Wildman–Crippen MR) is 101 cm³/mol. The minimum atomic E-state index is 0. The maximum atomic E-state index is 12.8. The Morgan fingerprint density at radius 3 is 2.75 bits per heavy atom. The number of carbonyl (C=O) groups is 1. The van der Waals surface area contributed by atoms with Crippen LogP contribution in [0.4, 0.5) is 0 Å². The van der Waals surface area contributed by atoms with E-state index in [1.165, 1.54) is 0 Å². The first kappa shape index (κ1) is 19.0. The summed E-state index contributed by atoms with van der Waals surface area (Å²) in [4.78, 5) is 14.7. The quantitative estimate of drug-likeness (QED) is 0.840. The number of nitrogens with two attached hydrogens (primary N) is 1. The summed E-state index contributed by atoms with van der Waals surface area (Å²) in [6.07, 6.45) is 5.43. The lowest BCUT2D eigenvalue weighted by atomic mass is 9.92. The van der Waals surface area contributed by atoms with Crippen molar-refractivity contribution in [3.8, 4) is 5.69 Å². The molecular weight excluding hydrogens is 392 g/mol. The number of benzene rings is 1. The third kappa shape index (κ3) is 3.99. The third-order valence-corrected chi connectivity index (χ3v) is 4.96. The zero-order valence-corrected chi connectivity index (χ0v) is 16.0. The number of nitrogens with zero attached hydrogens (tertiary/aromatic N) is 3. The number of piperidine rings is 1. The van der Waals surface area contributed by atoms with Crippen molar-refractivity contribution in [2.75, 3.05) is 13.1 Å². The van der Waals surface area contributed by atoms with Gasteiger partial charge in [-0.2, -0.15) is 5.10 Å². The van der Waals surface area contributed by atoms with Gasteiger partial charge in [-0.3, -0.25) is 4.79 Å². The van der Waals surface area contributed by atoms with E-state index in [0.717, 1.165) is 29.5 Å². The van der Waals surface area contributed by atoms with Crippen LogP contribution in [0.25, 0.3) is 5.69 Å². The molecule has 24 heavy (non-hydrogen) atoms. The lowest BCUT2D eigenvalue weighted by Gasteiger charge is -2.37. The summed E-state index contributed by atoms with van der Waals surface area (Å²) >= 11 is 3.42. The Balaban J connectivity index is 0.00000208. The van der Waals surface area contributed by atoms with Gasteiger partial charge >= 0.3 is 0 Å². The molecule has 0 aliphatic carbocycles. The standard InChI is InChI=1S/C17H21BrN4O.ClH/c1-12-6-7-21(16(8-12)9-19)17(23)13-10-20-22(11-13)15-4-2-14(18)3-5-15;/h2-5,10-12,16H,6-9,19H2,1H3;1H. The minimum absolute atomic E-state index is 0. The Kier molecular flexibility index (Phi) is 6.43. The Morgan fingerprint density at radius 1 is 1.38 bits per heavy atom.